The highest BCUT2D eigenvalue weighted by atomic mass is 16.6. The van der Waals surface area contributed by atoms with Gasteiger partial charge < -0.3 is 25.4 Å². The molecule has 0 saturated heterocycles. The molecule has 41 heavy (non-hydrogen) atoms. The van der Waals surface area contributed by atoms with Gasteiger partial charge in [-0.15, -0.1) is 0 Å². The maximum Gasteiger partial charge on any atom is 0.408 e. The van der Waals surface area contributed by atoms with Crippen LogP contribution < -0.4 is 10.6 Å². The van der Waals surface area contributed by atoms with Crippen LogP contribution in [0.1, 0.15) is 95.5 Å². The number of benzene rings is 2. The summed E-state index contributed by atoms with van der Waals surface area (Å²) in [7, 11) is 0. The van der Waals surface area contributed by atoms with E-state index in [-0.39, 0.29) is 30.0 Å². The number of nitrogens with zero attached hydrogens (tertiary/aromatic N) is 1. The van der Waals surface area contributed by atoms with E-state index in [1.165, 1.54) is 0 Å². The smallest absolute Gasteiger partial charge is 0.408 e. The van der Waals surface area contributed by atoms with Crippen molar-refractivity contribution in [3.05, 3.63) is 64.7 Å². The number of rotatable bonds is 13. The van der Waals surface area contributed by atoms with Crippen molar-refractivity contribution in [2.75, 3.05) is 6.54 Å². The first kappa shape index (κ1) is 33.7. The van der Waals surface area contributed by atoms with Gasteiger partial charge in [0.05, 0.1) is 0 Å². The number of hydrogen-bond donors (Lipinski definition) is 3. The highest BCUT2D eigenvalue weighted by molar-refractivity contribution is 5.92. The Labute approximate surface area is 245 Å². The minimum atomic E-state index is -1.000. The molecule has 2 aromatic rings. The molecule has 3 amide bonds. The van der Waals surface area contributed by atoms with Gasteiger partial charge in [0.1, 0.15) is 23.4 Å². The second-order valence-electron chi connectivity index (χ2n) is 12.0. The fourth-order valence-electron chi connectivity index (χ4n) is 4.68. The molecule has 0 bridgehead atoms. The zero-order valence-corrected chi connectivity index (χ0v) is 26.0. The third kappa shape index (κ3) is 10.7. The molecule has 0 radical (unpaired) electrons. The summed E-state index contributed by atoms with van der Waals surface area (Å²) in [5.74, 6) is -0.530. The molecule has 0 aliphatic rings. The molecule has 0 spiro atoms. The number of alkyl carbamates (subject to hydrolysis) is 1. The predicted molar refractivity (Wildman–Crippen MR) is 163 cm³/mol. The molecule has 3 N–H and O–H groups in total. The summed E-state index contributed by atoms with van der Waals surface area (Å²) >= 11 is 0. The lowest BCUT2D eigenvalue weighted by Crippen LogP contribution is -2.54. The zero-order valence-electron chi connectivity index (χ0n) is 26.0. The second kappa shape index (κ2) is 15.5. The Bertz CT molecular complexity index is 1150. The van der Waals surface area contributed by atoms with Crippen molar-refractivity contribution >= 4 is 17.9 Å². The number of hydrogen-bond acceptors (Lipinski definition) is 5. The van der Waals surface area contributed by atoms with Gasteiger partial charge in [-0.05, 0) is 89.3 Å². The van der Waals surface area contributed by atoms with Gasteiger partial charge in [0.2, 0.25) is 11.8 Å². The number of phenolic OH excluding ortho intramolecular Hbond substituents is 1. The maximum atomic E-state index is 14.5. The summed E-state index contributed by atoms with van der Waals surface area (Å²) in [4.78, 5) is 42.9. The van der Waals surface area contributed by atoms with E-state index in [4.69, 9.17) is 4.74 Å². The summed E-state index contributed by atoms with van der Waals surface area (Å²) in [6.45, 7) is 15.5. The monoisotopic (exact) mass is 567 g/mol. The minimum Gasteiger partial charge on any atom is -0.508 e. The topological polar surface area (TPSA) is 108 Å². The molecule has 2 rings (SSSR count). The van der Waals surface area contributed by atoms with E-state index in [0.717, 1.165) is 41.5 Å². The van der Waals surface area contributed by atoms with Gasteiger partial charge in [-0.2, -0.15) is 0 Å². The highest BCUT2D eigenvalue weighted by Crippen LogP contribution is 2.28. The maximum absolute atomic E-state index is 14.5. The van der Waals surface area contributed by atoms with Crippen LogP contribution in [0, 0.1) is 13.8 Å². The van der Waals surface area contributed by atoms with Gasteiger partial charge in [-0.25, -0.2) is 4.79 Å². The highest BCUT2D eigenvalue weighted by Gasteiger charge is 2.37. The summed E-state index contributed by atoms with van der Waals surface area (Å²) in [6.07, 6.45) is 3.13. The average Bonchev–Trinajstić information content (AvgIpc) is 2.87. The van der Waals surface area contributed by atoms with Crippen LogP contribution in [0.2, 0.25) is 0 Å². The second-order valence-corrected chi connectivity index (χ2v) is 12.0. The van der Waals surface area contributed by atoms with Crippen molar-refractivity contribution in [3.8, 4) is 5.75 Å². The van der Waals surface area contributed by atoms with Crippen LogP contribution in [0.4, 0.5) is 4.79 Å². The molecule has 0 aliphatic heterocycles. The molecule has 226 valence electrons. The van der Waals surface area contributed by atoms with Crippen LogP contribution in [-0.2, 0) is 20.7 Å². The molecule has 2 atom stereocenters. The molecular weight excluding hydrogens is 518 g/mol. The first-order chi connectivity index (χ1) is 19.2. The van der Waals surface area contributed by atoms with Crippen molar-refractivity contribution in [2.45, 2.75) is 111 Å². The van der Waals surface area contributed by atoms with Crippen molar-refractivity contribution in [1.82, 2.24) is 15.5 Å². The Morgan fingerprint density at radius 2 is 1.61 bits per heavy atom. The van der Waals surface area contributed by atoms with Gasteiger partial charge in [0, 0.05) is 19.0 Å². The number of ether oxygens (including phenoxy) is 1. The molecule has 8 heteroatoms. The Balaban J connectivity index is 2.61. The molecule has 2 unspecified atom stereocenters. The van der Waals surface area contributed by atoms with E-state index >= 15 is 0 Å². The number of nitrogens with one attached hydrogen (secondary N) is 2. The molecule has 0 fully saturated rings. The van der Waals surface area contributed by atoms with Gasteiger partial charge >= 0.3 is 6.09 Å². The van der Waals surface area contributed by atoms with Crippen LogP contribution in [0.3, 0.4) is 0 Å². The third-order valence-electron chi connectivity index (χ3n) is 6.83. The standard InChI is InChI=1S/C33H49N3O5/c1-9-10-11-12-20-36(29(30(38)34-22(2)3)27-15-13-14-23(4)24(27)5)31(39)28(35-32(40)41-33(6,7)8)21-25-16-18-26(37)19-17-25/h13-19,22,28-29,37H,9-12,20-21H2,1-8H3,(H,34,38)(H,35,40). The average molecular weight is 568 g/mol. The van der Waals surface area contributed by atoms with Crippen molar-refractivity contribution < 1.29 is 24.2 Å². The predicted octanol–water partition coefficient (Wildman–Crippen LogP) is 6.12. The molecule has 0 heterocycles. The molecule has 0 aromatic heterocycles. The van der Waals surface area contributed by atoms with Crippen molar-refractivity contribution in [3.63, 3.8) is 0 Å². The van der Waals surface area contributed by atoms with E-state index in [2.05, 4.69) is 17.6 Å². The molecule has 8 nitrogen and oxygen atoms in total. The number of amides is 3. The van der Waals surface area contributed by atoms with Gasteiger partial charge in [0.25, 0.3) is 0 Å². The number of phenols is 1. The first-order valence-electron chi connectivity index (χ1n) is 14.7. The Hall–Kier alpha value is -3.55. The van der Waals surface area contributed by atoms with Gasteiger partial charge in [-0.1, -0.05) is 56.5 Å². The van der Waals surface area contributed by atoms with E-state index in [1.807, 2.05) is 45.9 Å². The van der Waals surface area contributed by atoms with Crippen LogP contribution in [0.5, 0.6) is 5.75 Å². The lowest BCUT2D eigenvalue weighted by atomic mass is 9.94. The Morgan fingerprint density at radius 1 is 0.951 bits per heavy atom. The molecule has 2 aromatic carbocycles. The fourth-order valence-corrected chi connectivity index (χ4v) is 4.68. The minimum absolute atomic E-state index is 0.106. The summed E-state index contributed by atoms with van der Waals surface area (Å²) in [6, 6.07) is 10.3. The van der Waals surface area contributed by atoms with Crippen LogP contribution in [0.15, 0.2) is 42.5 Å². The lowest BCUT2D eigenvalue weighted by molar-refractivity contribution is -0.142. The number of unbranched alkanes of at least 4 members (excludes halogenated alkanes) is 3. The largest absolute Gasteiger partial charge is 0.508 e. The Kier molecular flexibility index (Phi) is 12.7. The first-order valence-corrected chi connectivity index (χ1v) is 14.7. The third-order valence-corrected chi connectivity index (χ3v) is 6.83. The Morgan fingerprint density at radius 3 is 2.20 bits per heavy atom. The zero-order chi connectivity index (χ0) is 30.7. The number of aryl methyl sites for hydroxylation is 1. The summed E-state index contributed by atoms with van der Waals surface area (Å²) in [5.41, 5.74) is 2.72. The molecule has 0 aliphatic carbocycles. The van der Waals surface area contributed by atoms with Gasteiger partial charge in [-0.3, -0.25) is 9.59 Å². The number of carbonyl (C=O) groups is 3. The quantitative estimate of drug-likeness (QED) is 0.253. The van der Waals surface area contributed by atoms with Gasteiger partial charge in [0.15, 0.2) is 0 Å². The van der Waals surface area contributed by atoms with E-state index in [1.54, 1.807) is 49.9 Å². The van der Waals surface area contributed by atoms with Crippen LogP contribution in [-0.4, -0.2) is 52.1 Å². The molecular formula is C33H49N3O5. The van der Waals surface area contributed by atoms with Crippen molar-refractivity contribution in [1.29, 1.82) is 0 Å². The number of carbonyl (C=O) groups excluding carboxylic acids is 3. The molecule has 0 saturated carbocycles. The summed E-state index contributed by atoms with van der Waals surface area (Å²) < 4.78 is 5.51. The van der Waals surface area contributed by atoms with Crippen LogP contribution in [0.25, 0.3) is 0 Å². The van der Waals surface area contributed by atoms with E-state index in [0.29, 0.717) is 13.0 Å². The van der Waals surface area contributed by atoms with E-state index in [9.17, 15) is 19.5 Å². The van der Waals surface area contributed by atoms with E-state index < -0.39 is 23.8 Å². The summed E-state index contributed by atoms with van der Waals surface area (Å²) in [5, 5.41) is 15.6. The fraction of sp³-hybridized carbons (Fsp3) is 0.545. The SMILES string of the molecule is CCCCCCN(C(=O)C(Cc1ccc(O)cc1)NC(=O)OC(C)(C)C)C(C(=O)NC(C)C)c1cccc(C)c1C. The van der Waals surface area contributed by atoms with Crippen molar-refractivity contribution in [2.24, 2.45) is 0 Å². The normalized spacial score (nSPS) is 12.9. The lowest BCUT2D eigenvalue weighted by Gasteiger charge is -2.36. The van der Waals surface area contributed by atoms with Crippen LogP contribution >= 0.6 is 0 Å². The number of aromatic hydroxyl groups is 1.